The summed E-state index contributed by atoms with van der Waals surface area (Å²) in [4.78, 5) is 33.7. The van der Waals surface area contributed by atoms with Gasteiger partial charge in [-0.3, -0.25) is 14.9 Å². The average molecular weight is 473 g/mol. The number of nitrogens with zero attached hydrogens (tertiary/aromatic N) is 1. The summed E-state index contributed by atoms with van der Waals surface area (Å²) in [5.41, 5.74) is 0.382. The molecular formula is C16H12INO6S. The van der Waals surface area contributed by atoms with Crippen molar-refractivity contribution in [2.24, 2.45) is 0 Å². The van der Waals surface area contributed by atoms with Gasteiger partial charge in [0, 0.05) is 21.5 Å². The Bertz CT molecular complexity index is 855. The molecule has 25 heavy (non-hydrogen) atoms. The standard InChI is InChI=1S/C16H12INO6S/c1-9(19)24-8-10-2-4-15(13(6-10)18(22)23)25-14-5-3-11(17)7-12(14)16(20)21/h2-7H,8H2,1H3,(H,20,21). The zero-order valence-corrected chi connectivity index (χ0v) is 15.9. The highest BCUT2D eigenvalue weighted by molar-refractivity contribution is 14.1. The molecule has 0 radical (unpaired) electrons. The van der Waals surface area contributed by atoms with Gasteiger partial charge in [0.15, 0.2) is 0 Å². The number of carbonyl (C=O) groups is 2. The molecule has 130 valence electrons. The number of ether oxygens (including phenoxy) is 1. The van der Waals surface area contributed by atoms with E-state index in [2.05, 4.69) is 0 Å². The van der Waals surface area contributed by atoms with E-state index in [1.807, 2.05) is 22.6 Å². The zero-order chi connectivity index (χ0) is 18.6. The molecule has 0 heterocycles. The second-order valence-electron chi connectivity index (χ2n) is 4.89. The quantitative estimate of drug-likeness (QED) is 0.291. The van der Waals surface area contributed by atoms with Crippen LogP contribution in [0.2, 0.25) is 0 Å². The number of hydrogen-bond donors (Lipinski definition) is 1. The lowest BCUT2D eigenvalue weighted by molar-refractivity contribution is -0.387. The van der Waals surface area contributed by atoms with E-state index in [1.54, 1.807) is 18.2 Å². The Labute approximate surface area is 160 Å². The number of carboxylic acid groups (broad SMARTS) is 1. The molecule has 1 N–H and O–H groups in total. The maximum atomic E-state index is 11.4. The van der Waals surface area contributed by atoms with Crippen molar-refractivity contribution in [3.63, 3.8) is 0 Å². The van der Waals surface area contributed by atoms with Crippen LogP contribution in [0, 0.1) is 13.7 Å². The summed E-state index contributed by atoms with van der Waals surface area (Å²) in [6, 6.07) is 9.30. The molecule has 2 rings (SSSR count). The third-order valence-corrected chi connectivity index (χ3v) is 4.87. The summed E-state index contributed by atoms with van der Waals surface area (Å²) in [6.07, 6.45) is 0. The Kier molecular flexibility index (Phi) is 6.37. The summed E-state index contributed by atoms with van der Waals surface area (Å²) in [7, 11) is 0. The average Bonchev–Trinajstić information content (AvgIpc) is 2.55. The molecule has 7 nitrogen and oxygen atoms in total. The molecule has 0 aliphatic carbocycles. The van der Waals surface area contributed by atoms with Gasteiger partial charge >= 0.3 is 11.9 Å². The molecule has 0 unspecified atom stereocenters. The highest BCUT2D eigenvalue weighted by Crippen LogP contribution is 2.37. The van der Waals surface area contributed by atoms with Gasteiger partial charge in [0.25, 0.3) is 5.69 Å². The minimum absolute atomic E-state index is 0.0645. The topological polar surface area (TPSA) is 107 Å². The molecular weight excluding hydrogens is 461 g/mol. The molecule has 0 aromatic heterocycles. The molecule has 0 fully saturated rings. The van der Waals surface area contributed by atoms with Crippen LogP contribution < -0.4 is 0 Å². The maximum absolute atomic E-state index is 11.4. The minimum Gasteiger partial charge on any atom is -0.478 e. The first-order valence-electron chi connectivity index (χ1n) is 6.89. The Morgan fingerprint density at radius 2 is 1.92 bits per heavy atom. The first-order chi connectivity index (χ1) is 11.8. The van der Waals surface area contributed by atoms with Crippen LogP contribution in [0.5, 0.6) is 0 Å². The van der Waals surface area contributed by atoms with Gasteiger partial charge < -0.3 is 9.84 Å². The van der Waals surface area contributed by atoms with Gasteiger partial charge in [0.05, 0.1) is 15.4 Å². The van der Waals surface area contributed by atoms with Gasteiger partial charge in [-0.1, -0.05) is 17.8 Å². The van der Waals surface area contributed by atoms with E-state index in [9.17, 15) is 24.8 Å². The second-order valence-corrected chi connectivity index (χ2v) is 7.22. The third kappa shape index (κ3) is 5.16. The molecule has 0 atom stereocenters. The molecule has 0 spiro atoms. The Morgan fingerprint density at radius 3 is 2.52 bits per heavy atom. The smallest absolute Gasteiger partial charge is 0.336 e. The zero-order valence-electron chi connectivity index (χ0n) is 12.9. The summed E-state index contributed by atoms with van der Waals surface area (Å²) in [5.74, 6) is -1.58. The monoisotopic (exact) mass is 473 g/mol. The largest absolute Gasteiger partial charge is 0.478 e. The van der Waals surface area contributed by atoms with Crippen molar-refractivity contribution < 1.29 is 24.4 Å². The van der Waals surface area contributed by atoms with Crippen LogP contribution in [0.1, 0.15) is 22.8 Å². The van der Waals surface area contributed by atoms with Crippen molar-refractivity contribution >= 4 is 52.0 Å². The number of hydrogen-bond acceptors (Lipinski definition) is 6. The maximum Gasteiger partial charge on any atom is 0.336 e. The molecule has 2 aromatic carbocycles. The lowest BCUT2D eigenvalue weighted by atomic mass is 10.2. The van der Waals surface area contributed by atoms with E-state index in [0.29, 0.717) is 15.4 Å². The van der Waals surface area contributed by atoms with Crippen molar-refractivity contribution in [1.29, 1.82) is 0 Å². The number of benzene rings is 2. The molecule has 0 saturated carbocycles. The first-order valence-corrected chi connectivity index (χ1v) is 8.79. The molecule has 2 aromatic rings. The van der Waals surface area contributed by atoms with Crippen molar-refractivity contribution in [2.45, 2.75) is 23.3 Å². The number of carbonyl (C=O) groups excluding carboxylic acids is 1. The van der Waals surface area contributed by atoms with E-state index < -0.39 is 16.9 Å². The number of carboxylic acids is 1. The fourth-order valence-corrected chi connectivity index (χ4v) is 3.44. The first kappa shape index (κ1) is 19.2. The van der Waals surface area contributed by atoms with E-state index in [1.165, 1.54) is 25.1 Å². The lowest BCUT2D eigenvalue weighted by Crippen LogP contribution is -2.01. The van der Waals surface area contributed by atoms with Crippen LogP contribution >= 0.6 is 34.4 Å². The van der Waals surface area contributed by atoms with Gasteiger partial charge in [-0.25, -0.2) is 4.79 Å². The predicted octanol–water partition coefficient (Wildman–Crippen LogP) is 4.11. The van der Waals surface area contributed by atoms with E-state index in [4.69, 9.17) is 4.74 Å². The number of esters is 1. The van der Waals surface area contributed by atoms with Crippen molar-refractivity contribution in [3.05, 3.63) is 61.2 Å². The van der Waals surface area contributed by atoms with E-state index in [-0.39, 0.29) is 17.9 Å². The predicted molar refractivity (Wildman–Crippen MR) is 98.8 cm³/mol. The van der Waals surface area contributed by atoms with Gasteiger partial charge in [-0.05, 0) is 52.4 Å². The number of rotatable bonds is 6. The summed E-state index contributed by atoms with van der Waals surface area (Å²) in [5, 5.41) is 20.7. The van der Waals surface area contributed by atoms with Crippen molar-refractivity contribution in [1.82, 2.24) is 0 Å². The second kappa shape index (κ2) is 8.30. The highest BCUT2D eigenvalue weighted by Gasteiger charge is 2.19. The van der Waals surface area contributed by atoms with Crippen LogP contribution in [0.25, 0.3) is 0 Å². The fraction of sp³-hybridized carbons (Fsp3) is 0.125. The van der Waals surface area contributed by atoms with Crippen LogP contribution in [0.4, 0.5) is 5.69 Å². The van der Waals surface area contributed by atoms with Crippen molar-refractivity contribution in [2.75, 3.05) is 0 Å². The minimum atomic E-state index is -1.10. The SMILES string of the molecule is CC(=O)OCc1ccc(Sc2ccc(I)cc2C(=O)O)c([N+](=O)[O-])c1. The summed E-state index contributed by atoms with van der Waals surface area (Å²) >= 11 is 3.01. The number of aromatic carboxylic acids is 1. The fourth-order valence-electron chi connectivity index (χ4n) is 1.94. The van der Waals surface area contributed by atoms with Crippen LogP contribution in [0.15, 0.2) is 46.2 Å². The van der Waals surface area contributed by atoms with Crippen molar-refractivity contribution in [3.8, 4) is 0 Å². The Balaban J connectivity index is 2.38. The van der Waals surface area contributed by atoms with Crippen LogP contribution in [-0.2, 0) is 16.1 Å². The molecule has 0 amide bonds. The summed E-state index contributed by atoms with van der Waals surface area (Å²) < 4.78 is 5.59. The molecule has 0 saturated heterocycles. The molecule has 0 aliphatic heterocycles. The third-order valence-electron chi connectivity index (χ3n) is 3.05. The van der Waals surface area contributed by atoms with Gasteiger partial charge in [-0.15, -0.1) is 0 Å². The highest BCUT2D eigenvalue weighted by atomic mass is 127. The lowest BCUT2D eigenvalue weighted by Gasteiger charge is -2.09. The number of halogens is 1. The molecule has 0 aliphatic rings. The normalized spacial score (nSPS) is 10.3. The van der Waals surface area contributed by atoms with Gasteiger partial charge in [-0.2, -0.15) is 0 Å². The summed E-state index contributed by atoms with van der Waals surface area (Å²) in [6.45, 7) is 1.19. The van der Waals surface area contributed by atoms with Crippen LogP contribution in [-0.4, -0.2) is 22.0 Å². The van der Waals surface area contributed by atoms with Gasteiger partial charge in [0.2, 0.25) is 0 Å². The van der Waals surface area contributed by atoms with E-state index in [0.717, 1.165) is 15.3 Å². The number of nitro benzene ring substituents is 1. The Morgan fingerprint density at radius 1 is 1.24 bits per heavy atom. The Hall–Kier alpha value is -2.14. The molecule has 0 bridgehead atoms. The molecule has 9 heteroatoms. The number of nitro groups is 1. The van der Waals surface area contributed by atoms with E-state index >= 15 is 0 Å². The van der Waals surface area contributed by atoms with Crippen LogP contribution in [0.3, 0.4) is 0 Å². The van der Waals surface area contributed by atoms with Gasteiger partial charge in [0.1, 0.15) is 6.61 Å².